The van der Waals surface area contributed by atoms with Crippen molar-refractivity contribution in [3.05, 3.63) is 29.3 Å². The molecule has 2 rings (SSSR count). The van der Waals surface area contributed by atoms with Gasteiger partial charge in [-0.05, 0) is 37.3 Å². The summed E-state index contributed by atoms with van der Waals surface area (Å²) in [6.45, 7) is 1.85. The van der Waals surface area contributed by atoms with Gasteiger partial charge in [-0.1, -0.05) is 0 Å². The molecule has 0 spiro atoms. The molecule has 0 bridgehead atoms. The number of methoxy groups -OCH3 is 1. The van der Waals surface area contributed by atoms with Gasteiger partial charge >= 0.3 is 5.97 Å². The Morgan fingerprint density at radius 1 is 1.33 bits per heavy atom. The van der Waals surface area contributed by atoms with E-state index < -0.39 is 23.2 Å². The van der Waals surface area contributed by atoms with Crippen molar-refractivity contribution < 1.29 is 23.0 Å². The van der Waals surface area contributed by atoms with Gasteiger partial charge in [0.1, 0.15) is 0 Å². The van der Waals surface area contributed by atoms with E-state index in [-0.39, 0.29) is 5.69 Å². The first-order valence-corrected chi connectivity index (χ1v) is 7.01. The minimum Gasteiger partial charge on any atom is -0.465 e. The van der Waals surface area contributed by atoms with Crippen LogP contribution in [0.5, 0.6) is 0 Å². The normalized spacial score (nSPS) is 14.0. The van der Waals surface area contributed by atoms with Crippen LogP contribution >= 0.6 is 0 Å². The van der Waals surface area contributed by atoms with E-state index in [1.807, 2.05) is 0 Å². The molecule has 1 aromatic rings. The van der Waals surface area contributed by atoms with Gasteiger partial charge in [0.05, 0.1) is 18.4 Å². The van der Waals surface area contributed by atoms with Gasteiger partial charge in [0, 0.05) is 19.8 Å². The summed E-state index contributed by atoms with van der Waals surface area (Å²) in [6, 6.07) is 2.53. The zero-order chi connectivity index (χ0) is 15.2. The van der Waals surface area contributed by atoms with Crippen LogP contribution in [0.4, 0.5) is 14.5 Å². The predicted molar refractivity (Wildman–Crippen MR) is 74.3 cm³/mol. The van der Waals surface area contributed by atoms with Crippen molar-refractivity contribution >= 4 is 11.7 Å². The summed E-state index contributed by atoms with van der Waals surface area (Å²) in [6.07, 6.45) is 3.19. The summed E-state index contributed by atoms with van der Waals surface area (Å²) in [5, 5.41) is 2.79. The van der Waals surface area contributed by atoms with Crippen molar-refractivity contribution in [2.45, 2.75) is 19.3 Å². The fourth-order valence-corrected chi connectivity index (χ4v) is 1.89. The first-order chi connectivity index (χ1) is 10.1. The molecular formula is C15H19F2NO3. The molecule has 0 heterocycles. The molecule has 0 atom stereocenters. The highest BCUT2D eigenvalue weighted by Crippen LogP contribution is 2.28. The smallest absolute Gasteiger partial charge is 0.340 e. The minimum absolute atomic E-state index is 0.0299. The molecule has 1 N–H and O–H groups in total. The van der Waals surface area contributed by atoms with E-state index in [4.69, 9.17) is 4.74 Å². The number of esters is 1. The molecule has 1 aliphatic rings. The van der Waals surface area contributed by atoms with Crippen molar-refractivity contribution in [3.8, 4) is 0 Å². The molecule has 1 aliphatic carbocycles. The Balaban J connectivity index is 1.79. The Hall–Kier alpha value is -1.69. The third kappa shape index (κ3) is 4.39. The van der Waals surface area contributed by atoms with Gasteiger partial charge in [0.2, 0.25) is 0 Å². The topological polar surface area (TPSA) is 47.6 Å². The average Bonchev–Trinajstić information content (AvgIpc) is 3.30. The summed E-state index contributed by atoms with van der Waals surface area (Å²) < 4.78 is 37.3. The maximum absolute atomic E-state index is 13.8. The van der Waals surface area contributed by atoms with E-state index in [2.05, 4.69) is 10.1 Å². The molecule has 1 saturated carbocycles. The van der Waals surface area contributed by atoms with Crippen LogP contribution in [0.15, 0.2) is 12.1 Å². The van der Waals surface area contributed by atoms with Crippen molar-refractivity contribution in [1.29, 1.82) is 0 Å². The van der Waals surface area contributed by atoms with Crippen LogP contribution in [-0.4, -0.2) is 32.8 Å². The fraction of sp³-hybridized carbons (Fsp3) is 0.533. The molecule has 116 valence electrons. The summed E-state index contributed by atoms with van der Waals surface area (Å²) >= 11 is 0. The van der Waals surface area contributed by atoms with Crippen molar-refractivity contribution in [2.24, 2.45) is 5.92 Å². The number of ether oxygens (including phenoxy) is 2. The Bertz CT molecular complexity index is 504. The lowest BCUT2D eigenvalue weighted by molar-refractivity contribution is 0.0594. The van der Waals surface area contributed by atoms with E-state index in [0.717, 1.165) is 19.6 Å². The Labute approximate surface area is 122 Å². The fourth-order valence-electron chi connectivity index (χ4n) is 1.89. The number of rotatable bonds is 8. The van der Waals surface area contributed by atoms with Crippen LogP contribution in [0.2, 0.25) is 0 Å². The Kier molecular flexibility index (Phi) is 5.50. The first kappa shape index (κ1) is 15.7. The number of benzene rings is 1. The van der Waals surface area contributed by atoms with Crippen LogP contribution in [0.1, 0.15) is 29.6 Å². The number of carbonyl (C=O) groups excluding carboxylic acids is 1. The van der Waals surface area contributed by atoms with Gasteiger partial charge in [-0.15, -0.1) is 0 Å². The summed E-state index contributed by atoms with van der Waals surface area (Å²) in [7, 11) is 1.12. The highest BCUT2D eigenvalue weighted by atomic mass is 19.2. The number of carbonyl (C=O) groups is 1. The number of halogens is 2. The summed E-state index contributed by atoms with van der Waals surface area (Å²) in [5.41, 5.74) is -0.379. The second-order valence-electron chi connectivity index (χ2n) is 5.08. The zero-order valence-electron chi connectivity index (χ0n) is 12.0. The lowest BCUT2D eigenvalue weighted by Crippen LogP contribution is -2.11. The maximum atomic E-state index is 13.8. The molecule has 0 aliphatic heterocycles. The van der Waals surface area contributed by atoms with E-state index in [9.17, 15) is 13.6 Å². The SMILES string of the molecule is COC(=O)c1ccc(NCCCOCC2CC2)c(F)c1F. The molecular weight excluding hydrogens is 280 g/mol. The highest BCUT2D eigenvalue weighted by molar-refractivity contribution is 5.90. The number of hydrogen-bond acceptors (Lipinski definition) is 4. The second-order valence-corrected chi connectivity index (χ2v) is 5.08. The molecule has 0 aromatic heterocycles. The lowest BCUT2D eigenvalue weighted by atomic mass is 10.2. The van der Waals surface area contributed by atoms with Gasteiger partial charge in [0.15, 0.2) is 11.6 Å². The maximum Gasteiger partial charge on any atom is 0.340 e. The van der Waals surface area contributed by atoms with E-state index in [1.165, 1.54) is 25.0 Å². The quantitative estimate of drug-likeness (QED) is 0.592. The van der Waals surface area contributed by atoms with Crippen molar-refractivity contribution in [1.82, 2.24) is 0 Å². The van der Waals surface area contributed by atoms with Crippen molar-refractivity contribution in [2.75, 3.05) is 32.2 Å². The minimum atomic E-state index is -1.20. The number of anilines is 1. The van der Waals surface area contributed by atoms with Crippen LogP contribution in [0.3, 0.4) is 0 Å². The number of nitrogens with one attached hydrogen (secondary N) is 1. The van der Waals surface area contributed by atoms with Crippen LogP contribution in [0.25, 0.3) is 0 Å². The molecule has 0 unspecified atom stereocenters. The number of hydrogen-bond donors (Lipinski definition) is 1. The van der Waals surface area contributed by atoms with Crippen LogP contribution in [0, 0.1) is 17.6 Å². The summed E-state index contributed by atoms with van der Waals surface area (Å²) in [5.74, 6) is -2.45. The predicted octanol–water partition coefficient (Wildman–Crippen LogP) is 2.98. The van der Waals surface area contributed by atoms with Crippen LogP contribution < -0.4 is 5.32 Å². The second kappa shape index (κ2) is 7.36. The van der Waals surface area contributed by atoms with Gasteiger partial charge < -0.3 is 14.8 Å². The van der Waals surface area contributed by atoms with Gasteiger partial charge in [0.25, 0.3) is 0 Å². The largest absolute Gasteiger partial charge is 0.465 e. The Morgan fingerprint density at radius 3 is 2.76 bits per heavy atom. The zero-order valence-corrected chi connectivity index (χ0v) is 12.0. The average molecular weight is 299 g/mol. The standard InChI is InChI=1S/C15H19F2NO3/c1-20-15(19)11-5-6-12(14(17)13(11)16)18-7-2-8-21-9-10-3-4-10/h5-6,10,18H,2-4,7-9H2,1H3. The van der Waals surface area contributed by atoms with E-state index >= 15 is 0 Å². The van der Waals surface area contributed by atoms with Crippen molar-refractivity contribution in [3.63, 3.8) is 0 Å². The molecule has 0 saturated heterocycles. The molecule has 4 nitrogen and oxygen atoms in total. The molecule has 0 amide bonds. The van der Waals surface area contributed by atoms with E-state index in [1.54, 1.807) is 0 Å². The highest BCUT2D eigenvalue weighted by Gasteiger charge is 2.21. The third-order valence-electron chi connectivity index (χ3n) is 3.32. The van der Waals surface area contributed by atoms with Gasteiger partial charge in [-0.2, -0.15) is 0 Å². The molecule has 1 fully saturated rings. The summed E-state index contributed by atoms with van der Waals surface area (Å²) in [4.78, 5) is 11.2. The monoisotopic (exact) mass is 299 g/mol. The molecule has 1 aromatic carbocycles. The molecule has 0 radical (unpaired) electrons. The molecule has 21 heavy (non-hydrogen) atoms. The Morgan fingerprint density at radius 2 is 2.10 bits per heavy atom. The van der Waals surface area contributed by atoms with Gasteiger partial charge in [-0.3, -0.25) is 0 Å². The van der Waals surface area contributed by atoms with Gasteiger partial charge in [-0.25, -0.2) is 13.6 Å². The lowest BCUT2D eigenvalue weighted by Gasteiger charge is -2.10. The molecule has 6 heteroatoms. The van der Waals surface area contributed by atoms with Crippen LogP contribution in [-0.2, 0) is 9.47 Å². The third-order valence-corrected chi connectivity index (χ3v) is 3.32. The van der Waals surface area contributed by atoms with E-state index in [0.29, 0.717) is 19.6 Å². The first-order valence-electron chi connectivity index (χ1n) is 7.01.